The Morgan fingerprint density at radius 2 is 0.610 bits per heavy atom. The molecular formula is C108H166N4O34. The summed E-state index contributed by atoms with van der Waals surface area (Å²) >= 11 is 0. The van der Waals surface area contributed by atoms with Gasteiger partial charge in [-0.15, -0.1) is 65.8 Å². The highest BCUT2D eigenvalue weighted by molar-refractivity contribution is 5.92. The number of nitrogen functional groups attached to an aromatic ring is 1. The van der Waals surface area contributed by atoms with Gasteiger partial charge in [0.25, 0.3) is 0 Å². The van der Waals surface area contributed by atoms with E-state index in [0.29, 0.717) is 76.2 Å². The molecule has 0 aliphatic rings. The number of phenolic OH excluding ortho intramolecular Hbond substituents is 1. The molecule has 2 aromatic carbocycles. The van der Waals surface area contributed by atoms with Crippen molar-refractivity contribution in [2.24, 2.45) is 16.6 Å². The standard InChI is InChI=1S/C15H24O5.C14H22O5.C11H16O5.C10H14O5.C9H12O5.C9H16O3.C8H9N.C8H8O.C7H12.C6H11NO2.C5H9NO2.C3H7N.C3H6O/c1-5-7-18-10-15(9-16,11-19-8-6-2)12-20-14(17)13(3)4;1-4-7-17-10-14(9-15,11-18-8-5-2)12-19-13(16)6-3;1-7(2)10(13)15-5-9(12)6-16-11(14)8(3)4;1-4-9(12)14-5-8(11)6-15-10(13)7(2)3;1-3-8(11)13-5-7(10)6-14-9(12)4-2;1-3-5-11-7-9(10)8-12-6-4-2;2*1-2-7-3-5-8(9)6-4-7;1-3-5-7-6-4-2;1-5(2)6(9)7-3-4-8;1-2-5(8)6-3-4-7;2*1-2-3-4/h5-6,16H,1-3,7-12H2,4H3;4-6,15H,1-3,7-12H2;9,12H,1,3,5-6H2,2,4H3;4,8,11H,1-2,5-6H2,3H3;3-4,7,10H,1-2,5-6H2;3-4,9-10H,1-2,5-8H2;2-6H,1,9H2;2-6,9H,1H2;3-4H,1-2,5-7H2;8H,1,3-4H2,2H3,(H,7,9);2,7H,1,3-4H2,(H,6,8);2H,1,3-4H2;2,4H,1,3H2. The Hall–Kier alpha value is -13.6. The third-order valence-electron chi connectivity index (χ3n) is 14.7. The lowest BCUT2D eigenvalue weighted by atomic mass is 9.92. The summed E-state index contributed by atoms with van der Waals surface area (Å²) in [4.78, 5) is 108. The Kier molecular flexibility index (Phi) is 122. The van der Waals surface area contributed by atoms with E-state index in [1.165, 1.54) is 33.3 Å². The number of aromatic hydroxyl groups is 1. The molecule has 0 saturated carbocycles. The molecule has 822 valence electrons. The Morgan fingerprint density at radius 3 is 0.856 bits per heavy atom. The minimum atomic E-state index is -1.05. The van der Waals surface area contributed by atoms with E-state index in [1.54, 1.807) is 80.7 Å². The molecule has 0 heterocycles. The number of hydrogen-bond donors (Lipinski definition) is 14. The maximum atomic E-state index is 11.4. The van der Waals surface area contributed by atoms with Crippen molar-refractivity contribution < 1.29 is 165 Å². The zero-order chi connectivity index (χ0) is 114. The molecule has 1 unspecified atom stereocenters. The van der Waals surface area contributed by atoms with E-state index in [-0.39, 0.29) is 154 Å². The van der Waals surface area contributed by atoms with Crippen LogP contribution >= 0.6 is 0 Å². The Labute approximate surface area is 863 Å². The normalized spacial score (nSPS) is 9.66. The molecule has 0 bridgehead atoms. The molecule has 0 saturated heterocycles. The van der Waals surface area contributed by atoms with Gasteiger partial charge in [0, 0.05) is 77.5 Å². The fraction of sp³-hybridized carbons (Fsp3) is 0.389. The first-order chi connectivity index (χ1) is 69.2. The number of anilines is 1. The van der Waals surface area contributed by atoms with Crippen LogP contribution < -0.4 is 22.1 Å². The van der Waals surface area contributed by atoms with Crippen molar-refractivity contribution >= 4 is 77.4 Å². The van der Waals surface area contributed by atoms with Gasteiger partial charge in [-0.05, 0) is 95.3 Å². The molecule has 0 fully saturated rings. The maximum Gasteiger partial charge on any atom is 0.333 e. The summed E-state index contributed by atoms with van der Waals surface area (Å²) in [7, 11) is 0. The topological polar surface area (TPSA) is 578 Å². The second-order valence-corrected chi connectivity index (χ2v) is 28.8. The van der Waals surface area contributed by atoms with Gasteiger partial charge in [-0.3, -0.25) is 9.59 Å². The lowest BCUT2D eigenvalue weighted by molar-refractivity contribution is -0.149. The molecule has 38 nitrogen and oxygen atoms in total. The first-order valence-corrected chi connectivity index (χ1v) is 44.5. The van der Waals surface area contributed by atoms with Crippen LogP contribution in [0.4, 0.5) is 5.69 Å². The average molecular weight is 2060 g/mol. The van der Waals surface area contributed by atoms with Gasteiger partial charge in [0.2, 0.25) is 11.8 Å². The second kappa shape index (κ2) is 115. The number of nitrogens with one attached hydrogen (secondary N) is 2. The minimum absolute atomic E-state index is 0.0104. The van der Waals surface area contributed by atoms with Crippen LogP contribution in [-0.4, -0.2) is 320 Å². The number of amides is 2. The molecule has 0 aliphatic heterocycles. The van der Waals surface area contributed by atoms with Gasteiger partial charge in [0.15, 0.2) is 0 Å². The Balaban J connectivity index is -0.000000153. The monoisotopic (exact) mass is 2060 g/mol. The van der Waals surface area contributed by atoms with Crippen LogP contribution in [0.5, 0.6) is 5.75 Å². The van der Waals surface area contributed by atoms with Crippen molar-refractivity contribution in [3.8, 4) is 5.75 Å². The van der Waals surface area contributed by atoms with Crippen molar-refractivity contribution in [1.29, 1.82) is 0 Å². The SMILES string of the molecule is C=C(C)C(=O)NCCO.C=C(C)C(=O)OCC(O)COC(=O)C(=C)C.C=CC(=O)NCCO.C=CC(=O)OCC(O)COC(=O)C(=C)C.C=CC(=O)OCC(O)COC(=O)C=C.C=CCCCC=C.C=CCN.C=CCO.C=CCOCC(CO)(COCC=C)COC(=O)C(=C)C.C=CCOCC(CO)(COCC=C)COC(=O)C=C.C=CCOCC(O)COCC=C.C=Cc1ccc(N)cc1.C=Cc1ccc(O)cc1. The molecule has 0 radical (unpaired) electrons. The molecule has 2 aromatic rings. The van der Waals surface area contributed by atoms with Crippen LogP contribution in [0.25, 0.3) is 12.2 Å². The number of phenols is 1. The van der Waals surface area contributed by atoms with Gasteiger partial charge < -0.3 is 139 Å². The number of esters is 8. The lowest BCUT2D eigenvalue weighted by Gasteiger charge is -2.30. The van der Waals surface area contributed by atoms with Crippen LogP contribution in [0.3, 0.4) is 0 Å². The fourth-order valence-corrected chi connectivity index (χ4v) is 7.17. The largest absolute Gasteiger partial charge is 0.508 e. The van der Waals surface area contributed by atoms with E-state index in [4.69, 9.17) is 74.9 Å². The number of aliphatic hydroxyl groups is 9. The minimum Gasteiger partial charge on any atom is -0.508 e. The number of hydrogen-bond acceptors (Lipinski definition) is 36. The molecule has 146 heavy (non-hydrogen) atoms. The van der Waals surface area contributed by atoms with Gasteiger partial charge in [0.1, 0.15) is 83.0 Å². The average Bonchev–Trinajstić information content (AvgIpc) is 0.877. The van der Waals surface area contributed by atoms with Gasteiger partial charge in [-0.25, -0.2) is 38.4 Å². The summed E-state index contributed by atoms with van der Waals surface area (Å²) in [6.45, 7) is 85.8. The summed E-state index contributed by atoms with van der Waals surface area (Å²) < 4.78 is 68.9. The first-order valence-electron chi connectivity index (χ1n) is 44.5. The molecule has 0 aliphatic carbocycles. The molecule has 1 atom stereocenters. The van der Waals surface area contributed by atoms with Crippen LogP contribution in [0.2, 0.25) is 0 Å². The number of ether oxygens (including phenoxy) is 14. The molecule has 2 amide bonds. The van der Waals surface area contributed by atoms with Crippen molar-refractivity contribution in [2.45, 2.75) is 78.3 Å². The van der Waals surface area contributed by atoms with Crippen molar-refractivity contribution in [3.05, 3.63) is 323 Å². The molecule has 38 heteroatoms. The highest BCUT2D eigenvalue weighted by Gasteiger charge is 2.34. The number of carbonyl (C=O) groups is 10. The van der Waals surface area contributed by atoms with E-state index in [1.807, 2.05) is 48.6 Å². The van der Waals surface area contributed by atoms with E-state index >= 15 is 0 Å². The molecule has 2 rings (SSSR count). The number of carbonyl (C=O) groups excluding carboxylic acids is 10. The summed E-state index contributed by atoms with van der Waals surface area (Å²) in [6.07, 6.45) is 25.1. The van der Waals surface area contributed by atoms with E-state index in [2.05, 4.69) is 184 Å². The van der Waals surface area contributed by atoms with Gasteiger partial charge in [-0.1, -0.05) is 176 Å². The smallest absolute Gasteiger partial charge is 0.333 e. The Bertz CT molecular complexity index is 3900. The van der Waals surface area contributed by atoms with Crippen LogP contribution in [0, 0.1) is 10.8 Å². The molecule has 0 aromatic heterocycles. The number of rotatable bonds is 64. The molecule has 0 spiro atoms. The maximum absolute atomic E-state index is 11.4. The number of nitrogens with two attached hydrogens (primary N) is 2. The molecular weight excluding hydrogens is 1900 g/mol. The summed E-state index contributed by atoms with van der Waals surface area (Å²) in [5, 5.41) is 93.7. The van der Waals surface area contributed by atoms with Crippen LogP contribution in [-0.2, 0) is 114 Å². The number of unbranched alkanes of at least 4 members (excludes halogenated alkanes) is 2. The zero-order valence-electron chi connectivity index (χ0n) is 86.1. The van der Waals surface area contributed by atoms with Gasteiger partial charge in [0.05, 0.1) is 123 Å². The quantitative estimate of drug-likeness (QED) is 0.00731. The fourth-order valence-electron chi connectivity index (χ4n) is 7.17. The number of benzene rings is 2. The van der Waals surface area contributed by atoms with Crippen LogP contribution in [0.1, 0.15) is 65.0 Å². The van der Waals surface area contributed by atoms with Gasteiger partial charge >= 0.3 is 47.8 Å². The van der Waals surface area contributed by atoms with E-state index in [0.717, 1.165) is 60.0 Å². The predicted molar refractivity (Wildman–Crippen MR) is 572 cm³/mol. The second-order valence-electron chi connectivity index (χ2n) is 28.8. The highest BCUT2D eigenvalue weighted by atomic mass is 16.6. The third-order valence-corrected chi connectivity index (χ3v) is 14.7. The number of allylic oxidation sites excluding steroid dienone is 2. The Morgan fingerprint density at radius 1 is 0.342 bits per heavy atom. The van der Waals surface area contributed by atoms with Crippen molar-refractivity contribution in [2.75, 3.05) is 191 Å². The summed E-state index contributed by atoms with van der Waals surface area (Å²) in [5.41, 5.74) is 13.1. The number of aliphatic hydroxyl groups excluding tert-OH is 9. The lowest BCUT2D eigenvalue weighted by Crippen LogP contribution is -2.41. The summed E-state index contributed by atoms with van der Waals surface area (Å²) in [5.74, 6) is -4.91. The van der Waals surface area contributed by atoms with Crippen molar-refractivity contribution in [3.63, 3.8) is 0 Å². The predicted octanol–water partition coefficient (Wildman–Crippen LogP) is 9.65. The summed E-state index contributed by atoms with van der Waals surface area (Å²) in [6, 6.07) is 14.5. The van der Waals surface area contributed by atoms with E-state index in [9.17, 15) is 73.5 Å². The van der Waals surface area contributed by atoms with E-state index < -0.39 is 83.0 Å². The highest BCUT2D eigenvalue weighted by Crippen LogP contribution is 2.21. The van der Waals surface area contributed by atoms with Crippen LogP contribution in [0.15, 0.2) is 312 Å². The first kappa shape index (κ1) is 155. The zero-order valence-corrected chi connectivity index (χ0v) is 86.1. The molecule has 16 N–H and O–H groups in total. The van der Waals surface area contributed by atoms with Crippen molar-refractivity contribution in [1.82, 2.24) is 10.6 Å². The van der Waals surface area contributed by atoms with Gasteiger partial charge in [-0.2, -0.15) is 0 Å². The third kappa shape index (κ3) is 117.